The number of nitrogens with one attached hydrogen (secondary N) is 3. The van der Waals surface area contributed by atoms with Crippen LogP contribution in [-0.2, 0) is 30.4 Å². The maximum Gasteiger partial charge on any atom is 3.00 e. The van der Waals surface area contributed by atoms with Gasteiger partial charge in [0.2, 0.25) is 0 Å². The summed E-state index contributed by atoms with van der Waals surface area (Å²) in [6.07, 6.45) is 0. The Bertz CT molecular complexity index is 3360. The fourth-order valence-corrected chi connectivity index (χ4v) is 7.88. The monoisotopic (exact) mass is 1080 g/mol. The number of para-hydroxylation sites is 3. The van der Waals surface area contributed by atoms with Crippen molar-refractivity contribution in [3.8, 4) is 0 Å². The molecule has 9 aromatic rings. The Morgan fingerprint density at radius 1 is 0.250 bits per heavy atom. The van der Waals surface area contributed by atoms with Gasteiger partial charge in [-0.25, -0.2) is 25.3 Å². The minimum absolute atomic E-state index is 0. The Morgan fingerprint density at radius 3 is 0.684 bits per heavy atom. The van der Waals surface area contributed by atoms with Gasteiger partial charge in [-0.1, -0.05) is 72.8 Å². The first kappa shape index (κ1) is 56.7. The normalized spacial score (nSPS) is 11.4. The van der Waals surface area contributed by atoms with Gasteiger partial charge in [-0.05, 0) is 164 Å². The second-order valence-corrected chi connectivity index (χ2v) is 19.7. The van der Waals surface area contributed by atoms with Crippen molar-refractivity contribution in [2.24, 2.45) is 30.7 Å². The summed E-state index contributed by atoms with van der Waals surface area (Å²) in [4.78, 5) is -0.982. The number of nitrogens with zero attached hydrogens (tertiary/aromatic N) is 6. The van der Waals surface area contributed by atoms with Crippen molar-refractivity contribution in [2.45, 2.75) is 14.7 Å². The van der Waals surface area contributed by atoms with E-state index in [1.807, 2.05) is 127 Å². The summed E-state index contributed by atoms with van der Waals surface area (Å²) in [5.74, 6) is 0. The number of anilines is 6. The summed E-state index contributed by atoms with van der Waals surface area (Å²) >= 11 is 0. The number of hydrogen-bond acceptors (Lipinski definition) is 18. The molecule has 3 N–H and O–H groups in total. The van der Waals surface area contributed by atoms with Gasteiger partial charge in [0.25, 0.3) is 0 Å². The molecule has 0 unspecified atom stereocenters. The van der Waals surface area contributed by atoms with E-state index < -0.39 is 30.4 Å². The standard InChI is InChI=1S/3C18H15N3O3S.Al/c3*22-25(23,24)18-8-4-7-17(13-18)21-20-16-11-9-15(10-12-16)19-14-5-2-1-3-6-14;/h3*1-13,19H,(H,22,23,24);/q;;;+3/p-3. The van der Waals surface area contributed by atoms with E-state index in [0.717, 1.165) is 34.1 Å². The first-order chi connectivity index (χ1) is 36.0. The molecule has 9 rings (SSSR count). The van der Waals surface area contributed by atoms with Gasteiger partial charge in [0, 0.05) is 34.1 Å². The summed E-state index contributed by atoms with van der Waals surface area (Å²) in [5, 5.41) is 33.8. The van der Waals surface area contributed by atoms with Crippen molar-refractivity contribution < 1.29 is 38.9 Å². The van der Waals surface area contributed by atoms with Crippen molar-refractivity contribution in [1.82, 2.24) is 0 Å². The third-order valence-electron chi connectivity index (χ3n) is 9.95. The number of rotatable bonds is 15. The van der Waals surface area contributed by atoms with E-state index >= 15 is 0 Å². The third-order valence-corrected chi connectivity index (χ3v) is 12.4. The zero-order chi connectivity index (χ0) is 53.1. The van der Waals surface area contributed by atoms with Gasteiger partial charge in [0.1, 0.15) is 30.4 Å². The van der Waals surface area contributed by atoms with Gasteiger partial charge in [-0.15, -0.1) is 0 Å². The molecule has 0 spiro atoms. The van der Waals surface area contributed by atoms with Crippen LogP contribution in [-0.4, -0.2) is 56.3 Å². The zero-order valence-electron chi connectivity index (χ0n) is 39.7. The molecular weight excluding hydrogens is 1040 g/mol. The summed E-state index contributed by atoms with van der Waals surface area (Å²) < 4.78 is 99.1. The summed E-state index contributed by atoms with van der Waals surface area (Å²) in [5.41, 5.74) is 8.36. The van der Waals surface area contributed by atoms with Crippen LogP contribution in [0.25, 0.3) is 0 Å². The molecule has 18 nitrogen and oxygen atoms in total. The number of azo groups is 3. The molecule has 0 radical (unpaired) electrons. The molecule has 76 heavy (non-hydrogen) atoms. The van der Waals surface area contributed by atoms with E-state index in [-0.39, 0.29) is 32.0 Å². The quantitative estimate of drug-likeness (QED) is 0.0491. The summed E-state index contributed by atoms with van der Waals surface area (Å²) in [6.45, 7) is 0. The van der Waals surface area contributed by atoms with E-state index in [0.29, 0.717) is 34.1 Å². The van der Waals surface area contributed by atoms with Crippen LogP contribution >= 0.6 is 0 Å². The Labute approximate surface area is 450 Å². The average molecular weight is 1080 g/mol. The molecule has 0 heterocycles. The van der Waals surface area contributed by atoms with Crippen LogP contribution in [0.1, 0.15) is 0 Å². The average Bonchev–Trinajstić information content (AvgIpc) is 3.41. The SMILES string of the molecule is O=S(=O)([O-])c1cccc(N=Nc2ccc(Nc3ccccc3)cc2)c1.O=S(=O)([O-])c1cccc(N=Nc2ccc(Nc3ccccc3)cc2)c1.O=S(=O)([O-])c1cccc(N=Nc2ccc(Nc3ccccc3)cc2)c1.[Al+3]. The third kappa shape index (κ3) is 18.7. The molecule has 22 heteroatoms. The summed E-state index contributed by atoms with van der Waals surface area (Å²) in [7, 11) is -13.5. The molecule has 0 atom stereocenters. The van der Waals surface area contributed by atoms with Crippen LogP contribution in [0, 0.1) is 0 Å². The fourth-order valence-electron chi connectivity index (χ4n) is 6.35. The summed E-state index contributed by atoms with van der Waals surface area (Å²) in [6, 6.07) is 67.5. The zero-order valence-corrected chi connectivity index (χ0v) is 43.3. The second-order valence-electron chi connectivity index (χ2n) is 15.6. The van der Waals surface area contributed by atoms with Crippen LogP contribution in [0.5, 0.6) is 0 Å². The molecule has 0 aromatic heterocycles. The van der Waals surface area contributed by atoms with Gasteiger partial charge in [0.15, 0.2) is 0 Å². The van der Waals surface area contributed by atoms with Crippen LogP contribution in [0.15, 0.2) is 282 Å². The Kier molecular flexibility index (Phi) is 20.2. The van der Waals surface area contributed by atoms with Crippen molar-refractivity contribution in [3.05, 3.63) is 237 Å². The molecule has 0 aliphatic carbocycles. The minimum atomic E-state index is -4.50. The van der Waals surface area contributed by atoms with Crippen molar-refractivity contribution in [1.29, 1.82) is 0 Å². The predicted octanol–water partition coefficient (Wildman–Crippen LogP) is 13.9. The van der Waals surface area contributed by atoms with Crippen LogP contribution in [0.4, 0.5) is 68.2 Å². The van der Waals surface area contributed by atoms with E-state index in [1.165, 1.54) is 54.6 Å². The molecule has 0 fully saturated rings. The predicted molar refractivity (Wildman–Crippen MR) is 290 cm³/mol. The van der Waals surface area contributed by atoms with Gasteiger partial charge < -0.3 is 29.6 Å². The van der Waals surface area contributed by atoms with E-state index in [4.69, 9.17) is 0 Å². The second kappa shape index (κ2) is 27.1. The molecule has 0 amide bonds. The maximum atomic E-state index is 11.0. The molecule has 0 aliphatic heterocycles. The number of hydrogen-bond donors (Lipinski definition) is 3. The largest absolute Gasteiger partial charge is 3.00 e. The van der Waals surface area contributed by atoms with Crippen molar-refractivity contribution in [2.75, 3.05) is 16.0 Å². The maximum absolute atomic E-state index is 11.0. The Morgan fingerprint density at radius 2 is 0.461 bits per heavy atom. The van der Waals surface area contributed by atoms with Crippen molar-refractivity contribution in [3.63, 3.8) is 0 Å². The molecule has 0 bridgehead atoms. The van der Waals surface area contributed by atoms with Crippen molar-refractivity contribution >= 4 is 116 Å². The first-order valence-corrected chi connectivity index (χ1v) is 26.4. The van der Waals surface area contributed by atoms with E-state index in [1.54, 1.807) is 54.6 Å². The van der Waals surface area contributed by atoms with Crippen LogP contribution in [0.2, 0.25) is 0 Å². The van der Waals surface area contributed by atoms with E-state index in [9.17, 15) is 38.9 Å². The Balaban J connectivity index is 0.000000184. The topological polar surface area (TPSA) is 282 Å². The van der Waals surface area contributed by atoms with Crippen LogP contribution in [0.3, 0.4) is 0 Å². The van der Waals surface area contributed by atoms with Gasteiger partial charge in [0.05, 0.1) is 48.8 Å². The molecule has 0 saturated heterocycles. The van der Waals surface area contributed by atoms with Gasteiger partial charge >= 0.3 is 17.4 Å². The molecule has 0 saturated carbocycles. The fraction of sp³-hybridized carbons (Fsp3) is 0. The smallest absolute Gasteiger partial charge is 0.744 e. The van der Waals surface area contributed by atoms with E-state index in [2.05, 4.69) is 46.6 Å². The van der Waals surface area contributed by atoms with Gasteiger partial charge in [-0.3, -0.25) is 0 Å². The van der Waals surface area contributed by atoms with Crippen LogP contribution < -0.4 is 16.0 Å². The molecule has 9 aromatic carbocycles. The minimum Gasteiger partial charge on any atom is -0.744 e. The number of benzene rings is 9. The Hall–Kier alpha value is -8.56. The van der Waals surface area contributed by atoms with Gasteiger partial charge in [-0.2, -0.15) is 30.7 Å². The first-order valence-electron chi connectivity index (χ1n) is 22.2. The molecule has 378 valence electrons. The molecular formula is C54H42AlN9O9S3. The molecule has 0 aliphatic rings.